The maximum Gasteiger partial charge on any atom is 0.255 e. The zero-order valence-corrected chi connectivity index (χ0v) is 16.6. The molecule has 0 unspecified atom stereocenters. The number of amides is 1. The largest absolute Gasteiger partial charge is 0.493 e. The third-order valence-electron chi connectivity index (χ3n) is 3.54. The summed E-state index contributed by atoms with van der Waals surface area (Å²) in [5, 5.41) is 3.52. The fourth-order valence-electron chi connectivity index (χ4n) is 2.41. The minimum Gasteiger partial charge on any atom is -0.493 e. The summed E-state index contributed by atoms with van der Waals surface area (Å²) in [5.74, 6) is 0.415. The highest BCUT2D eigenvalue weighted by atomic mass is 35.5. The number of aromatic nitrogens is 1. The van der Waals surface area contributed by atoms with Crippen LogP contribution in [0.5, 0.6) is 11.5 Å². The maximum atomic E-state index is 12.7. The lowest BCUT2D eigenvalue weighted by molar-refractivity contribution is 0.102. The summed E-state index contributed by atoms with van der Waals surface area (Å²) in [6.07, 6.45) is -0.0813. The first-order chi connectivity index (χ1) is 12.4. The summed E-state index contributed by atoms with van der Waals surface area (Å²) in [4.78, 5) is 17.0. The van der Waals surface area contributed by atoms with Gasteiger partial charge in [-0.25, -0.2) is 4.98 Å². The number of fused-ring (bicyclic) bond motifs is 1. The van der Waals surface area contributed by atoms with Crippen LogP contribution in [-0.2, 0) is 0 Å². The number of halogens is 2. The molecule has 1 N–H and O–H groups in total. The molecule has 26 heavy (non-hydrogen) atoms. The van der Waals surface area contributed by atoms with Gasteiger partial charge in [-0.2, -0.15) is 0 Å². The highest BCUT2D eigenvalue weighted by Gasteiger charge is 2.19. The number of benzene rings is 2. The predicted molar refractivity (Wildman–Crippen MR) is 106 cm³/mol. The van der Waals surface area contributed by atoms with E-state index in [1.807, 2.05) is 19.9 Å². The van der Waals surface area contributed by atoms with Crippen molar-refractivity contribution in [3.05, 3.63) is 45.4 Å². The minimum atomic E-state index is -0.372. The van der Waals surface area contributed by atoms with Gasteiger partial charge in [0.15, 0.2) is 11.5 Å². The number of thiazole rings is 1. The van der Waals surface area contributed by atoms with Crippen LogP contribution in [0.3, 0.4) is 0 Å². The van der Waals surface area contributed by atoms with Crippen LogP contribution in [0.1, 0.15) is 24.2 Å². The van der Waals surface area contributed by atoms with E-state index in [0.29, 0.717) is 38.3 Å². The first-order valence-corrected chi connectivity index (χ1v) is 9.41. The summed E-state index contributed by atoms with van der Waals surface area (Å²) in [6.45, 7) is 3.76. The zero-order valence-electron chi connectivity index (χ0n) is 14.3. The molecule has 2 aromatic carbocycles. The van der Waals surface area contributed by atoms with Crippen LogP contribution >= 0.6 is 34.5 Å². The second kappa shape index (κ2) is 7.70. The van der Waals surface area contributed by atoms with Crippen LogP contribution < -0.4 is 14.8 Å². The fourth-order valence-corrected chi connectivity index (χ4v) is 3.55. The zero-order chi connectivity index (χ0) is 18.8. The van der Waals surface area contributed by atoms with Gasteiger partial charge in [-0.3, -0.25) is 4.79 Å². The van der Waals surface area contributed by atoms with Crippen LogP contribution in [0.25, 0.3) is 10.2 Å². The molecular formula is C18H16Cl2N2O3S. The molecule has 0 aliphatic rings. The van der Waals surface area contributed by atoms with E-state index in [1.165, 1.54) is 24.5 Å². The molecule has 1 amide bonds. The molecule has 1 aromatic heterocycles. The number of nitrogens with one attached hydrogen (secondary N) is 1. The van der Waals surface area contributed by atoms with Gasteiger partial charge in [0.2, 0.25) is 0 Å². The van der Waals surface area contributed by atoms with Gasteiger partial charge in [0.25, 0.3) is 5.91 Å². The number of hydrogen-bond donors (Lipinski definition) is 1. The van der Waals surface area contributed by atoms with Gasteiger partial charge in [-0.15, -0.1) is 11.3 Å². The van der Waals surface area contributed by atoms with Crippen LogP contribution in [0.2, 0.25) is 10.0 Å². The van der Waals surface area contributed by atoms with E-state index >= 15 is 0 Å². The molecule has 136 valence electrons. The lowest BCUT2D eigenvalue weighted by atomic mass is 10.1. The third kappa shape index (κ3) is 3.72. The summed E-state index contributed by atoms with van der Waals surface area (Å²) < 4.78 is 11.9. The molecule has 0 bridgehead atoms. The van der Waals surface area contributed by atoms with Gasteiger partial charge in [0, 0.05) is 5.56 Å². The van der Waals surface area contributed by atoms with E-state index in [4.69, 9.17) is 32.7 Å². The van der Waals surface area contributed by atoms with Crippen LogP contribution in [0.4, 0.5) is 5.69 Å². The number of hydrogen-bond acceptors (Lipinski definition) is 5. The molecule has 1 heterocycles. The molecule has 0 aliphatic carbocycles. The van der Waals surface area contributed by atoms with Crippen molar-refractivity contribution >= 4 is 56.3 Å². The summed E-state index contributed by atoms with van der Waals surface area (Å²) in [5.41, 5.74) is 3.14. The Balaban J connectivity index is 1.96. The van der Waals surface area contributed by atoms with Crippen molar-refractivity contribution in [1.82, 2.24) is 4.98 Å². The Morgan fingerprint density at radius 1 is 1.23 bits per heavy atom. The number of rotatable bonds is 5. The lowest BCUT2D eigenvalue weighted by Gasteiger charge is -2.16. The maximum absolute atomic E-state index is 12.7. The predicted octanol–water partition coefficient (Wildman–Crippen LogP) is 5.65. The monoisotopic (exact) mass is 410 g/mol. The fraction of sp³-hybridized carbons (Fsp3) is 0.222. The van der Waals surface area contributed by atoms with Crippen molar-refractivity contribution < 1.29 is 14.3 Å². The van der Waals surface area contributed by atoms with Gasteiger partial charge in [-0.1, -0.05) is 23.2 Å². The Labute approximate surface area is 164 Å². The van der Waals surface area contributed by atoms with E-state index in [0.717, 1.165) is 4.70 Å². The van der Waals surface area contributed by atoms with Gasteiger partial charge in [-0.05, 0) is 38.1 Å². The summed E-state index contributed by atoms with van der Waals surface area (Å²) in [7, 11) is 1.49. The quantitative estimate of drug-likeness (QED) is 0.589. The molecule has 3 aromatic rings. The van der Waals surface area contributed by atoms with E-state index in [1.54, 1.807) is 17.6 Å². The normalized spacial score (nSPS) is 11.0. The first-order valence-electron chi connectivity index (χ1n) is 7.78. The molecule has 0 atom stereocenters. The minimum absolute atomic E-state index is 0.0813. The highest BCUT2D eigenvalue weighted by Crippen LogP contribution is 2.38. The molecule has 0 radical (unpaired) electrons. The molecule has 0 saturated heterocycles. The number of nitrogens with zero attached hydrogens (tertiary/aromatic N) is 1. The Hall–Kier alpha value is -2.02. The lowest BCUT2D eigenvalue weighted by Crippen LogP contribution is -2.14. The molecule has 0 aliphatic heterocycles. The van der Waals surface area contributed by atoms with Crippen molar-refractivity contribution in [1.29, 1.82) is 0 Å². The molecule has 5 nitrogen and oxygen atoms in total. The topological polar surface area (TPSA) is 60.5 Å². The number of methoxy groups -OCH3 is 1. The first kappa shape index (κ1) is 18.8. The average molecular weight is 411 g/mol. The van der Waals surface area contributed by atoms with E-state index in [-0.39, 0.29) is 12.0 Å². The van der Waals surface area contributed by atoms with Crippen molar-refractivity contribution in [3.8, 4) is 11.5 Å². The van der Waals surface area contributed by atoms with Crippen molar-refractivity contribution in [2.45, 2.75) is 20.0 Å². The Kier molecular flexibility index (Phi) is 5.55. The number of ether oxygens (including phenoxy) is 2. The SMILES string of the molecule is COc1cc(C(=O)Nc2c(Cl)ccc3scnc23)cc(Cl)c1OC(C)C. The van der Waals surface area contributed by atoms with Crippen LogP contribution in [0, 0.1) is 0 Å². The Morgan fingerprint density at radius 3 is 2.69 bits per heavy atom. The second-order valence-corrected chi connectivity index (χ2v) is 7.43. The van der Waals surface area contributed by atoms with E-state index in [9.17, 15) is 4.79 Å². The Morgan fingerprint density at radius 2 is 2.00 bits per heavy atom. The van der Waals surface area contributed by atoms with Gasteiger partial charge < -0.3 is 14.8 Å². The van der Waals surface area contributed by atoms with Gasteiger partial charge in [0.05, 0.1) is 39.2 Å². The van der Waals surface area contributed by atoms with Crippen LogP contribution in [-0.4, -0.2) is 24.1 Å². The van der Waals surface area contributed by atoms with E-state index in [2.05, 4.69) is 10.3 Å². The summed E-state index contributed by atoms with van der Waals surface area (Å²) in [6, 6.07) is 6.70. The average Bonchev–Trinajstić information content (AvgIpc) is 3.07. The smallest absolute Gasteiger partial charge is 0.255 e. The van der Waals surface area contributed by atoms with E-state index < -0.39 is 0 Å². The van der Waals surface area contributed by atoms with Crippen LogP contribution in [0.15, 0.2) is 29.8 Å². The molecule has 8 heteroatoms. The number of carbonyl (C=O) groups is 1. The second-order valence-electron chi connectivity index (χ2n) is 5.73. The highest BCUT2D eigenvalue weighted by molar-refractivity contribution is 7.16. The molecule has 0 fully saturated rings. The third-order valence-corrected chi connectivity index (χ3v) is 4.93. The van der Waals surface area contributed by atoms with Gasteiger partial charge in [0.1, 0.15) is 5.52 Å². The Bertz CT molecular complexity index is 972. The number of anilines is 1. The molecule has 0 saturated carbocycles. The van der Waals surface area contributed by atoms with Crippen molar-refractivity contribution in [2.24, 2.45) is 0 Å². The standard InChI is InChI=1S/C18H16Cl2N2O3S/c1-9(2)25-17-12(20)6-10(7-13(17)24-3)18(23)22-15-11(19)4-5-14-16(15)21-8-26-14/h4-9H,1-3H3,(H,22,23). The number of carbonyl (C=O) groups excluding carboxylic acids is 1. The van der Waals surface area contributed by atoms with Crippen molar-refractivity contribution in [3.63, 3.8) is 0 Å². The van der Waals surface area contributed by atoms with Crippen molar-refractivity contribution in [2.75, 3.05) is 12.4 Å². The molecular weight excluding hydrogens is 395 g/mol. The van der Waals surface area contributed by atoms with Gasteiger partial charge >= 0.3 is 0 Å². The molecule has 0 spiro atoms. The molecule has 3 rings (SSSR count). The summed E-state index contributed by atoms with van der Waals surface area (Å²) >= 11 is 14.0.